The van der Waals surface area contributed by atoms with Crippen LogP contribution in [0.25, 0.3) is 0 Å². The van der Waals surface area contributed by atoms with Gasteiger partial charge in [0.05, 0.1) is 13.2 Å². The number of rotatable bonds is 8. The number of carboxylic acids is 2. The van der Waals surface area contributed by atoms with E-state index in [2.05, 4.69) is 19.2 Å². The predicted octanol–water partition coefficient (Wildman–Crippen LogP) is 1.37. The van der Waals surface area contributed by atoms with E-state index in [1.807, 2.05) is 0 Å². The highest BCUT2D eigenvalue weighted by Crippen LogP contribution is 2.14. The average Bonchev–Trinajstić information content (AvgIpc) is 2.48. The zero-order valence-corrected chi connectivity index (χ0v) is 13.1. The smallest absolute Gasteiger partial charge is 0.414 e. The maximum Gasteiger partial charge on any atom is 0.414 e. The lowest BCUT2D eigenvalue weighted by Crippen LogP contribution is -2.27. The first-order valence-electron chi connectivity index (χ1n) is 6.99. The molecule has 0 aromatic heterocycles. The molecule has 0 amide bonds. The van der Waals surface area contributed by atoms with E-state index < -0.39 is 11.9 Å². The lowest BCUT2D eigenvalue weighted by Gasteiger charge is -2.09. The van der Waals surface area contributed by atoms with Crippen LogP contribution in [0.3, 0.4) is 0 Å². The molecule has 0 atom stereocenters. The first-order chi connectivity index (χ1) is 10.8. The maximum absolute atomic E-state index is 13.1. The molecule has 1 aromatic rings. The van der Waals surface area contributed by atoms with Crippen LogP contribution in [0, 0.1) is 5.82 Å². The molecule has 0 aliphatic heterocycles. The number of aliphatic carboxylic acids is 2. The third-order valence-corrected chi connectivity index (χ3v) is 2.30. The summed E-state index contributed by atoms with van der Waals surface area (Å²) in [5.74, 6) is -3.71. The fourth-order valence-electron chi connectivity index (χ4n) is 1.29. The topological polar surface area (TPSA) is 105 Å². The van der Waals surface area contributed by atoms with Crippen LogP contribution in [0.1, 0.15) is 13.8 Å². The van der Waals surface area contributed by atoms with E-state index in [0.717, 1.165) is 6.54 Å². The first-order valence-corrected chi connectivity index (χ1v) is 6.99. The van der Waals surface area contributed by atoms with Crippen LogP contribution in [0.5, 0.6) is 5.75 Å². The molecule has 0 bridgehead atoms. The van der Waals surface area contributed by atoms with Crippen LogP contribution in [0.4, 0.5) is 4.39 Å². The number of benzene rings is 1. The highest BCUT2D eigenvalue weighted by atomic mass is 19.1. The van der Waals surface area contributed by atoms with Crippen molar-refractivity contribution >= 4 is 11.9 Å². The van der Waals surface area contributed by atoms with E-state index in [9.17, 15) is 4.39 Å². The van der Waals surface area contributed by atoms with Gasteiger partial charge in [0.25, 0.3) is 0 Å². The Morgan fingerprint density at radius 3 is 2.26 bits per heavy atom. The average molecular weight is 331 g/mol. The van der Waals surface area contributed by atoms with Gasteiger partial charge >= 0.3 is 11.9 Å². The van der Waals surface area contributed by atoms with Crippen LogP contribution in [0.2, 0.25) is 0 Å². The molecule has 0 aliphatic rings. The van der Waals surface area contributed by atoms with Crippen molar-refractivity contribution in [3.63, 3.8) is 0 Å². The second-order valence-corrected chi connectivity index (χ2v) is 4.61. The van der Waals surface area contributed by atoms with Crippen molar-refractivity contribution in [3.8, 4) is 5.75 Å². The van der Waals surface area contributed by atoms with E-state index in [4.69, 9.17) is 29.3 Å². The van der Waals surface area contributed by atoms with Gasteiger partial charge in [-0.25, -0.2) is 14.0 Å². The van der Waals surface area contributed by atoms with Gasteiger partial charge < -0.3 is 25.0 Å². The van der Waals surface area contributed by atoms with Crippen LogP contribution in [-0.4, -0.2) is 54.6 Å². The number of hydrogen-bond donors (Lipinski definition) is 3. The van der Waals surface area contributed by atoms with Gasteiger partial charge in [0, 0.05) is 12.6 Å². The van der Waals surface area contributed by atoms with Crippen molar-refractivity contribution in [2.45, 2.75) is 19.9 Å². The fourth-order valence-corrected chi connectivity index (χ4v) is 1.29. The molecule has 7 nitrogen and oxygen atoms in total. The summed E-state index contributed by atoms with van der Waals surface area (Å²) in [7, 11) is 0. The minimum absolute atomic E-state index is 0.274. The number of halogens is 1. The Morgan fingerprint density at radius 2 is 1.74 bits per heavy atom. The summed E-state index contributed by atoms with van der Waals surface area (Å²) >= 11 is 0. The molecular formula is C15H22FNO6. The monoisotopic (exact) mass is 331 g/mol. The molecule has 0 saturated heterocycles. The molecule has 0 fully saturated rings. The summed E-state index contributed by atoms with van der Waals surface area (Å²) < 4.78 is 23.7. The molecule has 0 radical (unpaired) electrons. The van der Waals surface area contributed by atoms with Gasteiger partial charge in [0.1, 0.15) is 6.61 Å². The molecule has 23 heavy (non-hydrogen) atoms. The number of carboxylic acid groups (broad SMARTS) is 2. The Kier molecular flexibility index (Phi) is 11.2. The van der Waals surface area contributed by atoms with Crippen molar-refractivity contribution in [2.24, 2.45) is 0 Å². The molecule has 0 saturated carbocycles. The highest BCUT2D eigenvalue weighted by molar-refractivity contribution is 6.27. The van der Waals surface area contributed by atoms with E-state index in [1.165, 1.54) is 6.07 Å². The Bertz CT molecular complexity index is 469. The third-order valence-electron chi connectivity index (χ3n) is 2.30. The first kappa shape index (κ1) is 20.8. The summed E-state index contributed by atoms with van der Waals surface area (Å²) in [4.78, 5) is 18.2. The second-order valence-electron chi connectivity index (χ2n) is 4.61. The predicted molar refractivity (Wildman–Crippen MR) is 81.1 cm³/mol. The molecule has 0 unspecified atom stereocenters. The Morgan fingerprint density at radius 1 is 1.13 bits per heavy atom. The summed E-state index contributed by atoms with van der Waals surface area (Å²) in [5.41, 5.74) is 0. The summed E-state index contributed by atoms with van der Waals surface area (Å²) in [6.45, 7) is 6.45. The van der Waals surface area contributed by atoms with Crippen molar-refractivity contribution in [1.29, 1.82) is 0 Å². The molecule has 1 rings (SSSR count). The number of hydrogen-bond acceptors (Lipinski definition) is 5. The van der Waals surface area contributed by atoms with Crippen molar-refractivity contribution in [2.75, 3.05) is 26.4 Å². The minimum atomic E-state index is -1.82. The fraction of sp³-hybridized carbons (Fsp3) is 0.467. The van der Waals surface area contributed by atoms with Gasteiger partial charge in [-0.2, -0.15) is 0 Å². The molecule has 3 N–H and O–H groups in total. The molecule has 1 aromatic carbocycles. The Labute approximate surface area is 134 Å². The Balaban J connectivity index is 0.000000688. The SMILES string of the molecule is CC(C)NCCOCCOc1ccccc1F.O=C(O)C(=O)O. The molecule has 0 heterocycles. The van der Waals surface area contributed by atoms with Gasteiger partial charge in [0.15, 0.2) is 11.6 Å². The normalized spacial score (nSPS) is 9.91. The number of carbonyl (C=O) groups is 2. The van der Waals surface area contributed by atoms with Crippen LogP contribution in [0.15, 0.2) is 24.3 Å². The van der Waals surface area contributed by atoms with E-state index in [-0.39, 0.29) is 11.6 Å². The van der Waals surface area contributed by atoms with Gasteiger partial charge in [-0.3, -0.25) is 0 Å². The van der Waals surface area contributed by atoms with E-state index in [1.54, 1.807) is 18.2 Å². The largest absolute Gasteiger partial charge is 0.488 e. The molecule has 0 aliphatic carbocycles. The van der Waals surface area contributed by atoms with Gasteiger partial charge in [0.2, 0.25) is 0 Å². The van der Waals surface area contributed by atoms with Crippen molar-refractivity contribution < 1.29 is 33.7 Å². The standard InChI is InChI=1S/C13H20FNO2.C2H2O4/c1-11(2)15-7-8-16-9-10-17-13-6-4-3-5-12(13)14;3-1(4)2(5)6/h3-6,11,15H,7-10H2,1-2H3;(H,3,4)(H,5,6). The zero-order chi connectivity index (χ0) is 17.7. The lowest BCUT2D eigenvalue weighted by atomic mass is 10.3. The highest BCUT2D eigenvalue weighted by Gasteiger charge is 2.04. The minimum Gasteiger partial charge on any atom is -0.488 e. The van der Waals surface area contributed by atoms with Crippen molar-refractivity contribution in [3.05, 3.63) is 30.1 Å². The van der Waals surface area contributed by atoms with Gasteiger partial charge in [-0.05, 0) is 12.1 Å². The molecule has 0 spiro atoms. The second kappa shape index (κ2) is 12.4. The zero-order valence-electron chi connectivity index (χ0n) is 13.1. The third kappa shape index (κ3) is 12.1. The number of nitrogens with one attached hydrogen (secondary N) is 1. The number of para-hydroxylation sites is 1. The van der Waals surface area contributed by atoms with Crippen LogP contribution in [-0.2, 0) is 14.3 Å². The maximum atomic E-state index is 13.1. The van der Waals surface area contributed by atoms with Gasteiger partial charge in [-0.15, -0.1) is 0 Å². The number of ether oxygens (including phenoxy) is 2. The van der Waals surface area contributed by atoms with Crippen LogP contribution < -0.4 is 10.1 Å². The molecule has 8 heteroatoms. The van der Waals surface area contributed by atoms with Crippen molar-refractivity contribution in [1.82, 2.24) is 5.32 Å². The Hall–Kier alpha value is -2.19. The quantitative estimate of drug-likeness (QED) is 0.488. The summed E-state index contributed by atoms with van der Waals surface area (Å²) in [6.07, 6.45) is 0. The summed E-state index contributed by atoms with van der Waals surface area (Å²) in [6, 6.07) is 6.83. The van der Waals surface area contributed by atoms with E-state index >= 15 is 0 Å². The lowest BCUT2D eigenvalue weighted by molar-refractivity contribution is -0.159. The molecular weight excluding hydrogens is 309 g/mol. The van der Waals surface area contributed by atoms with Crippen LogP contribution >= 0.6 is 0 Å². The van der Waals surface area contributed by atoms with E-state index in [0.29, 0.717) is 25.9 Å². The molecule has 130 valence electrons. The summed E-state index contributed by atoms with van der Waals surface area (Å²) in [5, 5.41) is 18.0. The van der Waals surface area contributed by atoms with Gasteiger partial charge in [-0.1, -0.05) is 26.0 Å².